The third-order valence-corrected chi connectivity index (χ3v) is 2.54. The number of nitrogens with zero attached hydrogens (tertiary/aromatic N) is 1. The van der Waals surface area contributed by atoms with Crippen molar-refractivity contribution >= 4 is 5.78 Å². The Labute approximate surface area is 118 Å². The molecule has 7 heteroatoms. The van der Waals surface area contributed by atoms with Gasteiger partial charge in [-0.1, -0.05) is 12.1 Å². The lowest BCUT2D eigenvalue weighted by Gasteiger charge is -2.10. The quantitative estimate of drug-likeness (QED) is 0.813. The van der Waals surface area contributed by atoms with Gasteiger partial charge >= 0.3 is 6.36 Å². The summed E-state index contributed by atoms with van der Waals surface area (Å²) in [4.78, 5) is 16.2. The molecule has 0 bridgehead atoms. The number of ether oxygens (including phenoxy) is 2. The van der Waals surface area contributed by atoms with Gasteiger partial charge < -0.3 is 9.47 Å². The topological polar surface area (TPSA) is 48.4 Å². The Bertz CT molecular complexity index is 656. The number of methoxy groups -OCH3 is 1. The van der Waals surface area contributed by atoms with Gasteiger partial charge in [0.1, 0.15) is 5.75 Å². The molecule has 0 aliphatic heterocycles. The standard InChI is InChI=1S/C14H10F3NO3/c1-20-13-11(6-3-7-18-13)12(19)9-4-2-5-10(8-9)21-14(15,16)17/h2-8H,1H3. The lowest BCUT2D eigenvalue weighted by atomic mass is 10.0. The second-order valence-corrected chi connectivity index (χ2v) is 3.96. The summed E-state index contributed by atoms with van der Waals surface area (Å²) in [6.45, 7) is 0. The third kappa shape index (κ3) is 3.71. The number of pyridine rings is 1. The number of rotatable bonds is 4. The summed E-state index contributed by atoms with van der Waals surface area (Å²) in [6, 6.07) is 7.83. The molecule has 0 unspecified atom stereocenters. The maximum absolute atomic E-state index is 12.3. The van der Waals surface area contributed by atoms with Crippen molar-refractivity contribution in [2.75, 3.05) is 7.11 Å². The summed E-state index contributed by atoms with van der Waals surface area (Å²) in [5.41, 5.74) is 0.201. The third-order valence-electron chi connectivity index (χ3n) is 2.54. The van der Waals surface area contributed by atoms with Crippen molar-refractivity contribution in [1.29, 1.82) is 0 Å². The molecule has 21 heavy (non-hydrogen) atoms. The van der Waals surface area contributed by atoms with Crippen LogP contribution in [-0.4, -0.2) is 24.2 Å². The number of hydrogen-bond donors (Lipinski definition) is 0. The van der Waals surface area contributed by atoms with E-state index in [4.69, 9.17) is 4.74 Å². The van der Waals surface area contributed by atoms with Gasteiger partial charge in [0.2, 0.25) is 5.88 Å². The molecule has 0 radical (unpaired) electrons. The summed E-state index contributed by atoms with van der Waals surface area (Å²) < 4.78 is 45.3. The largest absolute Gasteiger partial charge is 0.573 e. The van der Waals surface area contributed by atoms with Crippen molar-refractivity contribution in [3.63, 3.8) is 0 Å². The fraction of sp³-hybridized carbons (Fsp3) is 0.143. The highest BCUT2D eigenvalue weighted by atomic mass is 19.4. The van der Waals surface area contributed by atoms with Gasteiger partial charge in [-0.3, -0.25) is 4.79 Å². The Morgan fingerprint density at radius 1 is 1.19 bits per heavy atom. The van der Waals surface area contributed by atoms with Crippen LogP contribution in [0.5, 0.6) is 11.6 Å². The minimum atomic E-state index is -4.81. The van der Waals surface area contributed by atoms with E-state index >= 15 is 0 Å². The Morgan fingerprint density at radius 2 is 1.95 bits per heavy atom. The van der Waals surface area contributed by atoms with E-state index < -0.39 is 17.9 Å². The van der Waals surface area contributed by atoms with Gasteiger partial charge in [-0.25, -0.2) is 4.98 Å². The van der Waals surface area contributed by atoms with Gasteiger partial charge in [-0.2, -0.15) is 0 Å². The zero-order valence-electron chi connectivity index (χ0n) is 10.8. The van der Waals surface area contributed by atoms with Crippen LogP contribution in [-0.2, 0) is 0 Å². The molecule has 0 aliphatic rings. The highest BCUT2D eigenvalue weighted by Gasteiger charge is 2.31. The molecule has 1 heterocycles. The Balaban J connectivity index is 2.33. The van der Waals surface area contributed by atoms with Crippen molar-refractivity contribution in [2.24, 2.45) is 0 Å². The average molecular weight is 297 g/mol. The summed E-state index contributed by atoms with van der Waals surface area (Å²) >= 11 is 0. The highest BCUT2D eigenvalue weighted by Crippen LogP contribution is 2.25. The molecule has 0 fully saturated rings. The molecule has 0 atom stereocenters. The van der Waals surface area contributed by atoms with Crippen LogP contribution in [0.25, 0.3) is 0 Å². The summed E-state index contributed by atoms with van der Waals surface area (Å²) in [7, 11) is 1.35. The monoisotopic (exact) mass is 297 g/mol. The van der Waals surface area contributed by atoms with E-state index in [2.05, 4.69) is 9.72 Å². The van der Waals surface area contributed by atoms with E-state index in [9.17, 15) is 18.0 Å². The number of aromatic nitrogens is 1. The number of ketones is 1. The van der Waals surface area contributed by atoms with Crippen LogP contribution in [0.4, 0.5) is 13.2 Å². The van der Waals surface area contributed by atoms with Crippen molar-refractivity contribution in [2.45, 2.75) is 6.36 Å². The second-order valence-electron chi connectivity index (χ2n) is 3.96. The van der Waals surface area contributed by atoms with Crippen LogP contribution in [0.2, 0.25) is 0 Å². The minimum Gasteiger partial charge on any atom is -0.480 e. The Morgan fingerprint density at radius 3 is 2.62 bits per heavy atom. The molecule has 0 amide bonds. The molecular weight excluding hydrogens is 287 g/mol. The molecule has 0 saturated carbocycles. The number of alkyl halides is 3. The normalized spacial score (nSPS) is 11.0. The molecule has 2 rings (SSSR count). The van der Waals surface area contributed by atoms with Crippen LogP contribution in [0, 0.1) is 0 Å². The fourth-order valence-electron chi connectivity index (χ4n) is 1.72. The average Bonchev–Trinajstić information content (AvgIpc) is 2.45. The van der Waals surface area contributed by atoms with Crippen molar-refractivity contribution < 1.29 is 27.4 Å². The molecule has 0 aliphatic carbocycles. The molecule has 1 aromatic heterocycles. The predicted octanol–water partition coefficient (Wildman–Crippen LogP) is 3.22. The molecular formula is C14H10F3NO3. The number of benzene rings is 1. The first-order valence-corrected chi connectivity index (χ1v) is 5.80. The van der Waals surface area contributed by atoms with Crippen molar-refractivity contribution in [3.8, 4) is 11.6 Å². The van der Waals surface area contributed by atoms with Gasteiger partial charge in [0, 0.05) is 11.8 Å². The van der Waals surface area contributed by atoms with Gasteiger partial charge in [0.25, 0.3) is 0 Å². The summed E-state index contributed by atoms with van der Waals surface area (Å²) in [5, 5.41) is 0. The van der Waals surface area contributed by atoms with Crippen LogP contribution >= 0.6 is 0 Å². The lowest BCUT2D eigenvalue weighted by molar-refractivity contribution is -0.274. The van der Waals surface area contributed by atoms with Crippen molar-refractivity contribution in [1.82, 2.24) is 4.98 Å². The zero-order chi connectivity index (χ0) is 15.5. The molecule has 1 aromatic carbocycles. The first kappa shape index (κ1) is 14.8. The summed E-state index contributed by atoms with van der Waals surface area (Å²) in [5.74, 6) is -0.867. The van der Waals surface area contributed by atoms with Crippen LogP contribution in [0.1, 0.15) is 15.9 Å². The maximum atomic E-state index is 12.3. The van der Waals surface area contributed by atoms with Crippen molar-refractivity contribution in [3.05, 3.63) is 53.7 Å². The fourth-order valence-corrected chi connectivity index (χ4v) is 1.72. The molecule has 0 N–H and O–H groups in total. The Hall–Kier alpha value is -2.57. The molecule has 110 valence electrons. The van der Waals surface area contributed by atoms with Gasteiger partial charge in [-0.15, -0.1) is 13.2 Å². The second kappa shape index (κ2) is 5.82. The molecule has 0 spiro atoms. The van der Waals surface area contributed by atoms with Gasteiger partial charge in [0.05, 0.1) is 12.7 Å². The van der Waals surface area contributed by atoms with Gasteiger partial charge in [-0.05, 0) is 24.3 Å². The van der Waals surface area contributed by atoms with E-state index in [-0.39, 0.29) is 17.0 Å². The van der Waals surface area contributed by atoms with Crippen LogP contribution in [0.15, 0.2) is 42.6 Å². The van der Waals surface area contributed by atoms with Gasteiger partial charge in [0.15, 0.2) is 5.78 Å². The lowest BCUT2D eigenvalue weighted by Crippen LogP contribution is -2.17. The maximum Gasteiger partial charge on any atom is 0.573 e. The van der Waals surface area contributed by atoms with E-state index in [1.54, 1.807) is 0 Å². The molecule has 0 saturated heterocycles. The van der Waals surface area contributed by atoms with Crippen LogP contribution in [0.3, 0.4) is 0 Å². The SMILES string of the molecule is COc1ncccc1C(=O)c1cccc(OC(F)(F)F)c1. The highest BCUT2D eigenvalue weighted by molar-refractivity contribution is 6.10. The van der Waals surface area contributed by atoms with E-state index in [0.717, 1.165) is 12.1 Å². The zero-order valence-corrected chi connectivity index (χ0v) is 10.8. The number of carbonyl (C=O) groups is 1. The first-order valence-electron chi connectivity index (χ1n) is 5.80. The summed E-state index contributed by atoms with van der Waals surface area (Å²) in [6.07, 6.45) is -3.37. The van der Waals surface area contributed by atoms with E-state index in [0.29, 0.717) is 0 Å². The van der Waals surface area contributed by atoms with E-state index in [1.165, 1.54) is 37.6 Å². The predicted molar refractivity (Wildman–Crippen MR) is 67.3 cm³/mol. The number of halogens is 3. The Kier molecular flexibility index (Phi) is 4.11. The smallest absolute Gasteiger partial charge is 0.480 e. The van der Waals surface area contributed by atoms with E-state index in [1.807, 2.05) is 0 Å². The number of carbonyl (C=O) groups excluding carboxylic acids is 1. The number of hydrogen-bond acceptors (Lipinski definition) is 4. The molecule has 4 nitrogen and oxygen atoms in total. The van der Waals surface area contributed by atoms with Crippen LogP contribution < -0.4 is 9.47 Å². The first-order chi connectivity index (χ1) is 9.90. The minimum absolute atomic E-state index is 0.0445. The molecule has 2 aromatic rings.